The molecule has 2 N–H and O–H groups in total. The fraction of sp³-hybridized carbons (Fsp3) is 0.0455. The summed E-state index contributed by atoms with van der Waals surface area (Å²) in [5.74, 6) is -0.978. The van der Waals surface area contributed by atoms with Crippen molar-refractivity contribution in [1.82, 2.24) is 0 Å². The molecule has 0 fully saturated rings. The summed E-state index contributed by atoms with van der Waals surface area (Å²) in [6.07, 6.45) is 1.33. The van der Waals surface area contributed by atoms with Gasteiger partial charge >= 0.3 is 5.91 Å². The van der Waals surface area contributed by atoms with E-state index in [1.807, 2.05) is 6.92 Å². The Morgan fingerprint density at radius 3 is 2.39 bits per heavy atom. The molecular weight excluding hydrogens is 418 g/mol. The van der Waals surface area contributed by atoms with Gasteiger partial charge in [0.15, 0.2) is 11.5 Å². The molecule has 4 rings (SSSR count). The molecule has 0 spiro atoms. The fourth-order valence-electron chi connectivity index (χ4n) is 2.98. The number of aryl methyl sites for hydroxylation is 1. The van der Waals surface area contributed by atoms with Crippen molar-refractivity contribution in [2.45, 2.75) is 11.8 Å². The van der Waals surface area contributed by atoms with E-state index in [2.05, 4.69) is 15.0 Å². The minimum Gasteiger partial charge on any atom is -0.505 e. The first-order valence-corrected chi connectivity index (χ1v) is 10.7. The zero-order valence-electron chi connectivity index (χ0n) is 16.3. The Bertz CT molecular complexity index is 1390. The van der Waals surface area contributed by atoms with Gasteiger partial charge in [0.25, 0.3) is 10.0 Å². The molecule has 0 radical (unpaired) electrons. The first kappa shape index (κ1) is 20.3. The van der Waals surface area contributed by atoms with Crippen molar-refractivity contribution < 1.29 is 22.7 Å². The first-order chi connectivity index (χ1) is 14.8. The standard InChI is InChI=1S/C22H17N3O5S/c1-14-8-10-15(11-9-14)31(28,29)25-18-13-19(21(26)17-6-3-2-5-16(17)18)23-24-22(27)20-7-4-12-30-20/h2-13,25-26H,1H3. The number of rotatable bonds is 5. The maximum atomic E-state index is 12.9. The molecule has 9 heteroatoms. The van der Waals surface area contributed by atoms with Gasteiger partial charge in [-0.05, 0) is 37.3 Å². The summed E-state index contributed by atoms with van der Waals surface area (Å²) < 4.78 is 33.3. The summed E-state index contributed by atoms with van der Waals surface area (Å²) in [5.41, 5.74) is 1.05. The number of aromatic hydroxyl groups is 1. The summed E-state index contributed by atoms with van der Waals surface area (Å²) in [4.78, 5) is 12.1. The normalized spacial score (nSPS) is 11.8. The monoisotopic (exact) mass is 435 g/mol. The number of phenols is 1. The average molecular weight is 435 g/mol. The summed E-state index contributed by atoms with van der Waals surface area (Å²) in [6, 6.07) is 17.4. The molecular formula is C22H17N3O5S. The lowest BCUT2D eigenvalue weighted by Crippen LogP contribution is -2.13. The van der Waals surface area contributed by atoms with E-state index in [1.165, 1.54) is 36.6 Å². The van der Waals surface area contributed by atoms with Crippen LogP contribution in [0.3, 0.4) is 0 Å². The fourth-order valence-corrected chi connectivity index (χ4v) is 4.05. The average Bonchev–Trinajstić information content (AvgIpc) is 3.30. The van der Waals surface area contributed by atoms with Gasteiger partial charge in [-0.3, -0.25) is 9.52 Å². The van der Waals surface area contributed by atoms with E-state index < -0.39 is 15.9 Å². The molecule has 0 aliphatic carbocycles. The van der Waals surface area contributed by atoms with E-state index in [1.54, 1.807) is 36.4 Å². The van der Waals surface area contributed by atoms with Crippen LogP contribution in [-0.2, 0) is 10.0 Å². The first-order valence-electron chi connectivity index (χ1n) is 9.19. The number of hydrogen-bond acceptors (Lipinski definition) is 6. The lowest BCUT2D eigenvalue weighted by molar-refractivity contribution is 0.0968. The van der Waals surface area contributed by atoms with E-state index in [9.17, 15) is 18.3 Å². The smallest absolute Gasteiger partial charge is 0.331 e. The molecule has 31 heavy (non-hydrogen) atoms. The topological polar surface area (TPSA) is 121 Å². The summed E-state index contributed by atoms with van der Waals surface area (Å²) in [5, 5.41) is 18.8. The van der Waals surface area contributed by atoms with Crippen molar-refractivity contribution in [3.63, 3.8) is 0 Å². The van der Waals surface area contributed by atoms with Crippen LogP contribution in [-0.4, -0.2) is 19.4 Å². The number of phenolic OH excluding ortho intramolecular Hbond substituents is 1. The van der Waals surface area contributed by atoms with Gasteiger partial charge < -0.3 is 9.52 Å². The number of azo groups is 1. The Hall–Kier alpha value is -3.98. The molecule has 1 aromatic heterocycles. The Balaban J connectivity index is 1.77. The van der Waals surface area contributed by atoms with Gasteiger partial charge in [-0.25, -0.2) is 8.42 Å². The third-order valence-corrected chi connectivity index (χ3v) is 5.93. The number of fused-ring (bicyclic) bond motifs is 1. The molecule has 0 saturated carbocycles. The van der Waals surface area contributed by atoms with E-state index in [-0.39, 0.29) is 27.8 Å². The van der Waals surface area contributed by atoms with Crippen molar-refractivity contribution in [3.05, 3.63) is 84.3 Å². The van der Waals surface area contributed by atoms with Crippen LogP contribution >= 0.6 is 0 Å². The number of carbonyl (C=O) groups is 1. The van der Waals surface area contributed by atoms with Crippen LogP contribution in [0.5, 0.6) is 5.75 Å². The number of nitrogens with one attached hydrogen (secondary N) is 1. The Morgan fingerprint density at radius 1 is 1.00 bits per heavy atom. The lowest BCUT2D eigenvalue weighted by Gasteiger charge is -2.13. The van der Waals surface area contributed by atoms with Gasteiger partial charge in [0.2, 0.25) is 0 Å². The maximum Gasteiger partial charge on any atom is 0.331 e. The van der Waals surface area contributed by atoms with Gasteiger partial charge in [-0.2, -0.15) is 0 Å². The molecule has 4 aromatic rings. The molecule has 0 atom stereocenters. The second-order valence-electron chi connectivity index (χ2n) is 6.74. The number of anilines is 1. The molecule has 8 nitrogen and oxygen atoms in total. The van der Waals surface area contributed by atoms with Crippen LogP contribution in [0.4, 0.5) is 11.4 Å². The third kappa shape index (κ3) is 4.17. The van der Waals surface area contributed by atoms with E-state index in [4.69, 9.17) is 4.42 Å². The van der Waals surface area contributed by atoms with Crippen molar-refractivity contribution in [3.8, 4) is 5.75 Å². The van der Waals surface area contributed by atoms with Crippen LogP contribution in [0, 0.1) is 6.92 Å². The van der Waals surface area contributed by atoms with Crippen molar-refractivity contribution in [1.29, 1.82) is 0 Å². The molecule has 0 unspecified atom stereocenters. The van der Waals surface area contributed by atoms with E-state index in [0.717, 1.165) is 5.56 Å². The summed E-state index contributed by atoms with van der Waals surface area (Å²) >= 11 is 0. The summed E-state index contributed by atoms with van der Waals surface area (Å²) in [6.45, 7) is 1.86. The SMILES string of the molecule is Cc1ccc(S(=O)(=O)Nc2cc(N=NC(=O)c3ccco3)c(O)c3ccccc23)cc1. The van der Waals surface area contributed by atoms with Crippen molar-refractivity contribution in [2.75, 3.05) is 4.72 Å². The number of nitrogens with zero attached hydrogens (tertiary/aromatic N) is 2. The minimum absolute atomic E-state index is 0.00988. The third-order valence-electron chi connectivity index (χ3n) is 4.55. The molecule has 0 aliphatic rings. The second-order valence-corrected chi connectivity index (χ2v) is 8.42. The van der Waals surface area contributed by atoms with Gasteiger partial charge in [-0.1, -0.05) is 42.0 Å². The summed E-state index contributed by atoms with van der Waals surface area (Å²) in [7, 11) is -3.90. The molecule has 0 aliphatic heterocycles. The predicted molar refractivity (Wildman–Crippen MR) is 115 cm³/mol. The Kier molecular flexibility index (Phi) is 5.26. The van der Waals surface area contributed by atoms with E-state index in [0.29, 0.717) is 10.8 Å². The number of amides is 1. The zero-order chi connectivity index (χ0) is 22.0. The van der Waals surface area contributed by atoms with Crippen molar-refractivity contribution in [2.24, 2.45) is 10.2 Å². The maximum absolute atomic E-state index is 12.9. The lowest BCUT2D eigenvalue weighted by atomic mass is 10.1. The number of hydrogen-bond donors (Lipinski definition) is 2. The quantitative estimate of drug-likeness (QED) is 0.331. The highest BCUT2D eigenvalue weighted by molar-refractivity contribution is 7.92. The number of carbonyl (C=O) groups excluding carboxylic acids is 1. The number of sulfonamides is 1. The molecule has 1 heterocycles. The number of furan rings is 1. The van der Waals surface area contributed by atoms with Crippen LogP contribution in [0.25, 0.3) is 10.8 Å². The van der Waals surface area contributed by atoms with Gasteiger partial charge in [-0.15, -0.1) is 10.2 Å². The zero-order valence-corrected chi connectivity index (χ0v) is 17.1. The largest absolute Gasteiger partial charge is 0.505 e. The Labute approximate surface area is 177 Å². The van der Waals surface area contributed by atoms with Crippen LogP contribution in [0.2, 0.25) is 0 Å². The van der Waals surface area contributed by atoms with E-state index >= 15 is 0 Å². The van der Waals surface area contributed by atoms with Gasteiger partial charge in [0.1, 0.15) is 5.69 Å². The molecule has 1 amide bonds. The predicted octanol–water partition coefficient (Wildman–Crippen LogP) is 5.17. The second kappa shape index (κ2) is 8.04. The molecule has 0 saturated heterocycles. The van der Waals surface area contributed by atoms with Crippen LogP contribution in [0.1, 0.15) is 16.1 Å². The van der Waals surface area contributed by atoms with Gasteiger partial charge in [0, 0.05) is 10.8 Å². The highest BCUT2D eigenvalue weighted by Gasteiger charge is 2.19. The number of benzene rings is 3. The highest BCUT2D eigenvalue weighted by atomic mass is 32.2. The van der Waals surface area contributed by atoms with Crippen LogP contribution in [0.15, 0.2) is 92.5 Å². The minimum atomic E-state index is -3.90. The van der Waals surface area contributed by atoms with Gasteiger partial charge in [0.05, 0.1) is 16.8 Å². The highest BCUT2D eigenvalue weighted by Crippen LogP contribution is 2.40. The molecule has 3 aromatic carbocycles. The van der Waals surface area contributed by atoms with Crippen LogP contribution < -0.4 is 4.72 Å². The molecule has 0 bridgehead atoms. The Morgan fingerprint density at radius 2 is 1.71 bits per heavy atom. The van der Waals surface area contributed by atoms with Crippen molar-refractivity contribution >= 4 is 38.1 Å². The molecule has 156 valence electrons.